The SMILES string of the molecule is O=C(c1ccccc1)n1c(=O)c(F)cn(C[C@H]2[C@@H](COCc3ccccc3)C2(F)F)c1=O. The first-order chi connectivity index (χ1) is 15.3. The molecule has 3 aromatic rings. The van der Waals surface area contributed by atoms with Gasteiger partial charge in [-0.05, 0) is 17.7 Å². The normalized spacial score (nSPS) is 19.0. The molecule has 4 rings (SSSR count). The molecule has 32 heavy (non-hydrogen) atoms. The van der Waals surface area contributed by atoms with E-state index >= 15 is 0 Å². The van der Waals surface area contributed by atoms with Crippen LogP contribution in [0.4, 0.5) is 13.2 Å². The van der Waals surface area contributed by atoms with Crippen molar-refractivity contribution >= 4 is 5.91 Å². The maximum atomic E-state index is 14.3. The lowest BCUT2D eigenvalue weighted by Crippen LogP contribution is -2.45. The van der Waals surface area contributed by atoms with Gasteiger partial charge in [-0.1, -0.05) is 48.5 Å². The summed E-state index contributed by atoms with van der Waals surface area (Å²) >= 11 is 0. The summed E-state index contributed by atoms with van der Waals surface area (Å²) in [6.45, 7) is -0.637. The van der Waals surface area contributed by atoms with E-state index in [1.54, 1.807) is 30.3 Å². The van der Waals surface area contributed by atoms with E-state index in [-0.39, 0.29) is 23.3 Å². The Labute approximate surface area is 180 Å². The molecule has 1 heterocycles. The lowest BCUT2D eigenvalue weighted by Gasteiger charge is -2.09. The second kappa shape index (κ2) is 8.58. The highest BCUT2D eigenvalue weighted by molar-refractivity contribution is 5.95. The molecule has 0 N–H and O–H groups in total. The summed E-state index contributed by atoms with van der Waals surface area (Å²) in [5, 5.41) is 0. The van der Waals surface area contributed by atoms with Crippen LogP contribution in [0.25, 0.3) is 0 Å². The van der Waals surface area contributed by atoms with Gasteiger partial charge < -0.3 is 4.74 Å². The van der Waals surface area contributed by atoms with Gasteiger partial charge in [0.15, 0.2) is 0 Å². The summed E-state index contributed by atoms with van der Waals surface area (Å²) in [6.07, 6.45) is 0.565. The summed E-state index contributed by atoms with van der Waals surface area (Å²) < 4.78 is 48.9. The van der Waals surface area contributed by atoms with Crippen molar-refractivity contribution in [3.63, 3.8) is 0 Å². The van der Waals surface area contributed by atoms with E-state index in [1.807, 2.05) is 6.07 Å². The first-order valence-electron chi connectivity index (χ1n) is 9.92. The molecule has 9 heteroatoms. The van der Waals surface area contributed by atoms with E-state index in [4.69, 9.17) is 4.74 Å². The zero-order valence-corrected chi connectivity index (χ0v) is 16.8. The number of aromatic nitrogens is 2. The Kier molecular flexibility index (Phi) is 5.84. The second-order valence-electron chi connectivity index (χ2n) is 7.61. The van der Waals surface area contributed by atoms with Crippen LogP contribution in [0.1, 0.15) is 15.9 Å². The predicted molar refractivity (Wildman–Crippen MR) is 109 cm³/mol. The zero-order chi connectivity index (χ0) is 22.9. The summed E-state index contributed by atoms with van der Waals surface area (Å²) in [6, 6.07) is 16.4. The van der Waals surface area contributed by atoms with E-state index in [1.165, 1.54) is 24.3 Å². The molecule has 1 aromatic heterocycles. The molecule has 0 aliphatic heterocycles. The molecular formula is C23H19F3N2O4. The van der Waals surface area contributed by atoms with Gasteiger partial charge in [0.1, 0.15) is 0 Å². The van der Waals surface area contributed by atoms with Crippen LogP contribution < -0.4 is 11.2 Å². The number of nitrogens with zero attached hydrogens (tertiary/aromatic N) is 2. The number of carbonyl (C=O) groups is 1. The molecular weight excluding hydrogens is 425 g/mol. The maximum Gasteiger partial charge on any atom is 0.338 e. The van der Waals surface area contributed by atoms with Gasteiger partial charge in [-0.2, -0.15) is 8.96 Å². The van der Waals surface area contributed by atoms with Crippen LogP contribution in [-0.4, -0.2) is 27.6 Å². The molecule has 1 fully saturated rings. The average Bonchev–Trinajstić information content (AvgIpc) is 3.31. The number of rotatable bonds is 7. The van der Waals surface area contributed by atoms with Crippen molar-refractivity contribution < 1.29 is 22.7 Å². The lowest BCUT2D eigenvalue weighted by molar-refractivity contribution is 0.0454. The molecule has 0 unspecified atom stereocenters. The molecule has 0 bridgehead atoms. The van der Waals surface area contributed by atoms with Crippen LogP contribution in [0, 0.1) is 17.7 Å². The van der Waals surface area contributed by atoms with Crippen LogP contribution in [0.2, 0.25) is 0 Å². The Bertz CT molecular complexity index is 1240. The van der Waals surface area contributed by atoms with Gasteiger partial charge in [0.25, 0.3) is 17.4 Å². The minimum absolute atomic E-state index is 0.00668. The fourth-order valence-electron chi connectivity index (χ4n) is 3.62. The number of ether oxygens (including phenoxy) is 1. The van der Waals surface area contributed by atoms with Crippen LogP contribution in [-0.2, 0) is 17.9 Å². The molecule has 166 valence electrons. The van der Waals surface area contributed by atoms with Gasteiger partial charge in [0, 0.05) is 12.1 Å². The van der Waals surface area contributed by atoms with Gasteiger partial charge in [-0.15, -0.1) is 0 Å². The number of hydrogen-bond acceptors (Lipinski definition) is 4. The average molecular weight is 444 g/mol. The van der Waals surface area contributed by atoms with Gasteiger partial charge >= 0.3 is 5.69 Å². The van der Waals surface area contributed by atoms with Crippen molar-refractivity contribution in [2.24, 2.45) is 11.8 Å². The monoisotopic (exact) mass is 444 g/mol. The molecule has 1 aliphatic carbocycles. The van der Waals surface area contributed by atoms with Crippen molar-refractivity contribution in [2.75, 3.05) is 6.61 Å². The minimum atomic E-state index is -3.11. The number of benzene rings is 2. The van der Waals surface area contributed by atoms with Crippen molar-refractivity contribution in [3.05, 3.63) is 105 Å². The standard InChI is InChI=1S/C23H19F3N2O4/c24-19-12-27(22(31)28(21(19)30)20(29)16-9-5-2-6-10-16)11-17-18(23(17,25)26)14-32-13-15-7-3-1-4-8-15/h1-10,12,17-18H,11,13-14H2/t17-,18+/m0/s1. The van der Waals surface area contributed by atoms with Crippen LogP contribution in [0.5, 0.6) is 0 Å². The van der Waals surface area contributed by atoms with E-state index in [2.05, 4.69) is 0 Å². The van der Waals surface area contributed by atoms with Crippen molar-refractivity contribution in [2.45, 2.75) is 19.1 Å². The highest BCUT2D eigenvalue weighted by Crippen LogP contribution is 2.56. The number of carbonyl (C=O) groups excluding carboxylic acids is 1. The van der Waals surface area contributed by atoms with Gasteiger partial charge in [-0.25, -0.2) is 13.6 Å². The van der Waals surface area contributed by atoms with Crippen molar-refractivity contribution in [3.8, 4) is 0 Å². The Balaban J connectivity index is 1.52. The first-order valence-corrected chi connectivity index (χ1v) is 9.92. The van der Waals surface area contributed by atoms with Crippen LogP contribution >= 0.6 is 0 Å². The third-order valence-corrected chi connectivity index (χ3v) is 5.51. The second-order valence-corrected chi connectivity index (χ2v) is 7.61. The van der Waals surface area contributed by atoms with Gasteiger partial charge in [-0.3, -0.25) is 14.2 Å². The number of hydrogen-bond donors (Lipinski definition) is 0. The molecule has 1 aliphatic rings. The van der Waals surface area contributed by atoms with E-state index < -0.39 is 47.3 Å². The van der Waals surface area contributed by atoms with Crippen molar-refractivity contribution in [1.29, 1.82) is 0 Å². The highest BCUT2D eigenvalue weighted by Gasteiger charge is 2.68. The fourth-order valence-corrected chi connectivity index (χ4v) is 3.62. The molecule has 1 saturated carbocycles. The first kappa shape index (κ1) is 21.8. The quantitative estimate of drug-likeness (QED) is 0.562. The number of alkyl halides is 2. The van der Waals surface area contributed by atoms with E-state index in [0.29, 0.717) is 10.8 Å². The highest BCUT2D eigenvalue weighted by atomic mass is 19.3. The Morgan fingerprint density at radius 1 is 0.969 bits per heavy atom. The molecule has 0 radical (unpaired) electrons. The third-order valence-electron chi connectivity index (χ3n) is 5.51. The Morgan fingerprint density at radius 3 is 2.25 bits per heavy atom. The fraction of sp³-hybridized carbons (Fsp3) is 0.261. The molecule has 2 aromatic carbocycles. The Morgan fingerprint density at radius 2 is 1.59 bits per heavy atom. The minimum Gasteiger partial charge on any atom is -0.376 e. The third kappa shape index (κ3) is 4.16. The molecule has 6 nitrogen and oxygen atoms in total. The number of halogens is 3. The molecule has 0 spiro atoms. The predicted octanol–water partition coefficient (Wildman–Crippen LogP) is 2.94. The summed E-state index contributed by atoms with van der Waals surface area (Å²) in [4.78, 5) is 37.4. The molecule has 0 saturated heterocycles. The summed E-state index contributed by atoms with van der Waals surface area (Å²) in [5.74, 6) is -7.97. The maximum absolute atomic E-state index is 14.3. The topological polar surface area (TPSA) is 70.3 Å². The summed E-state index contributed by atoms with van der Waals surface area (Å²) in [7, 11) is 0. The van der Waals surface area contributed by atoms with Crippen LogP contribution in [0.3, 0.4) is 0 Å². The van der Waals surface area contributed by atoms with E-state index in [0.717, 1.165) is 5.56 Å². The molecule has 0 amide bonds. The summed E-state index contributed by atoms with van der Waals surface area (Å²) in [5.41, 5.74) is -1.77. The lowest BCUT2D eigenvalue weighted by atomic mass is 10.2. The molecule has 2 atom stereocenters. The van der Waals surface area contributed by atoms with Gasteiger partial charge in [0.05, 0.1) is 31.2 Å². The van der Waals surface area contributed by atoms with Crippen LogP contribution in [0.15, 0.2) is 76.4 Å². The zero-order valence-electron chi connectivity index (χ0n) is 16.8. The Hall–Kier alpha value is -3.46. The smallest absolute Gasteiger partial charge is 0.338 e. The van der Waals surface area contributed by atoms with Crippen molar-refractivity contribution in [1.82, 2.24) is 9.13 Å². The largest absolute Gasteiger partial charge is 0.376 e. The van der Waals surface area contributed by atoms with Gasteiger partial charge in [0.2, 0.25) is 5.82 Å². The van der Waals surface area contributed by atoms with E-state index in [9.17, 15) is 27.6 Å².